The number of hydrogen-bond donors (Lipinski definition) is 2. The second kappa shape index (κ2) is 10.2. The maximum Gasteiger partial charge on any atom is 0.285 e. The SMILES string of the molecule is CCCOc1ccc(C(C)NC(=O)c2ccc(NC3=NS(=O)(=O)c4ccccc43)cc2)cc1OC. The van der Waals surface area contributed by atoms with Crippen molar-refractivity contribution in [2.24, 2.45) is 4.40 Å². The van der Waals surface area contributed by atoms with Gasteiger partial charge >= 0.3 is 0 Å². The Morgan fingerprint density at radius 2 is 1.77 bits per heavy atom. The van der Waals surface area contributed by atoms with Crippen LogP contribution in [0, 0.1) is 0 Å². The quantitative estimate of drug-likeness (QED) is 0.477. The first kappa shape index (κ1) is 24.3. The molecule has 35 heavy (non-hydrogen) atoms. The van der Waals surface area contributed by atoms with E-state index in [0.29, 0.717) is 34.9 Å². The maximum atomic E-state index is 12.8. The summed E-state index contributed by atoms with van der Waals surface area (Å²) in [6.07, 6.45) is 0.895. The minimum atomic E-state index is -3.70. The lowest BCUT2D eigenvalue weighted by Crippen LogP contribution is -2.26. The molecule has 3 aromatic carbocycles. The molecule has 4 rings (SSSR count). The van der Waals surface area contributed by atoms with Gasteiger partial charge in [-0.2, -0.15) is 8.42 Å². The third-order valence-electron chi connectivity index (χ3n) is 5.54. The van der Waals surface area contributed by atoms with Crippen LogP contribution < -0.4 is 20.1 Å². The monoisotopic (exact) mass is 493 g/mol. The summed E-state index contributed by atoms with van der Waals surface area (Å²) in [7, 11) is -2.12. The van der Waals surface area contributed by atoms with Gasteiger partial charge in [0.1, 0.15) is 4.90 Å². The smallest absolute Gasteiger partial charge is 0.285 e. The van der Waals surface area contributed by atoms with Gasteiger partial charge in [0.15, 0.2) is 17.3 Å². The molecule has 2 N–H and O–H groups in total. The summed E-state index contributed by atoms with van der Waals surface area (Å²) in [6, 6.07) is 18.7. The van der Waals surface area contributed by atoms with Crippen molar-refractivity contribution >= 4 is 27.5 Å². The maximum absolute atomic E-state index is 12.8. The Bertz CT molecular complexity index is 1370. The first-order chi connectivity index (χ1) is 16.8. The number of anilines is 1. The van der Waals surface area contributed by atoms with Crippen molar-refractivity contribution in [1.82, 2.24) is 5.32 Å². The Morgan fingerprint density at radius 3 is 2.49 bits per heavy atom. The van der Waals surface area contributed by atoms with Crippen LogP contribution in [0.2, 0.25) is 0 Å². The summed E-state index contributed by atoms with van der Waals surface area (Å²) < 4.78 is 39.4. The fourth-order valence-electron chi connectivity index (χ4n) is 3.69. The van der Waals surface area contributed by atoms with Gasteiger partial charge in [-0.3, -0.25) is 4.79 Å². The zero-order valence-electron chi connectivity index (χ0n) is 19.7. The molecule has 1 aliphatic rings. The van der Waals surface area contributed by atoms with E-state index in [9.17, 15) is 13.2 Å². The first-order valence-electron chi connectivity index (χ1n) is 11.3. The lowest BCUT2D eigenvalue weighted by Gasteiger charge is -2.17. The van der Waals surface area contributed by atoms with E-state index >= 15 is 0 Å². The van der Waals surface area contributed by atoms with Crippen LogP contribution in [0.1, 0.15) is 47.8 Å². The summed E-state index contributed by atoms with van der Waals surface area (Å²) in [5.41, 5.74) is 2.49. The number of sulfonamides is 1. The zero-order valence-corrected chi connectivity index (χ0v) is 20.6. The summed E-state index contributed by atoms with van der Waals surface area (Å²) >= 11 is 0. The van der Waals surface area contributed by atoms with Gasteiger partial charge < -0.3 is 20.1 Å². The Balaban J connectivity index is 1.42. The van der Waals surface area contributed by atoms with E-state index in [1.165, 1.54) is 6.07 Å². The minimum absolute atomic E-state index is 0.175. The standard InChI is InChI=1S/C26H27N3O5S/c1-4-15-34-22-14-11-19(16-23(22)33-3)17(2)27-26(30)18-9-12-20(13-10-18)28-25-21-7-5-6-8-24(21)35(31,32)29-25/h5-14,16-17H,4,15H2,1-3H3,(H,27,30)(H,28,29). The van der Waals surface area contributed by atoms with Crippen molar-refractivity contribution in [3.05, 3.63) is 83.4 Å². The zero-order chi connectivity index (χ0) is 25.0. The van der Waals surface area contributed by atoms with E-state index in [4.69, 9.17) is 9.47 Å². The molecule has 0 bridgehead atoms. The Morgan fingerprint density at radius 1 is 1.03 bits per heavy atom. The van der Waals surface area contributed by atoms with Crippen molar-refractivity contribution < 1.29 is 22.7 Å². The van der Waals surface area contributed by atoms with Crippen LogP contribution >= 0.6 is 0 Å². The van der Waals surface area contributed by atoms with Gasteiger partial charge in [-0.15, -0.1) is 4.40 Å². The highest BCUT2D eigenvalue weighted by molar-refractivity contribution is 7.90. The van der Waals surface area contributed by atoms with Gasteiger partial charge in [-0.05, 0) is 67.4 Å². The number of carbonyl (C=O) groups is 1. The van der Waals surface area contributed by atoms with E-state index in [1.54, 1.807) is 49.6 Å². The van der Waals surface area contributed by atoms with Crippen molar-refractivity contribution in [1.29, 1.82) is 0 Å². The van der Waals surface area contributed by atoms with Gasteiger partial charge in [0.2, 0.25) is 0 Å². The second-order valence-electron chi connectivity index (χ2n) is 8.07. The average molecular weight is 494 g/mol. The van der Waals surface area contributed by atoms with Crippen molar-refractivity contribution in [2.75, 3.05) is 19.0 Å². The van der Waals surface area contributed by atoms with Crippen molar-refractivity contribution in [3.8, 4) is 11.5 Å². The molecule has 182 valence electrons. The molecule has 0 saturated carbocycles. The molecule has 0 spiro atoms. The molecule has 1 amide bonds. The summed E-state index contributed by atoms with van der Waals surface area (Å²) in [5, 5.41) is 6.02. The number of nitrogens with one attached hydrogen (secondary N) is 2. The molecule has 1 heterocycles. The number of nitrogens with zero attached hydrogens (tertiary/aromatic N) is 1. The number of hydrogen-bond acceptors (Lipinski definition) is 6. The lowest BCUT2D eigenvalue weighted by atomic mass is 10.1. The van der Waals surface area contributed by atoms with Crippen LogP contribution in [-0.2, 0) is 10.0 Å². The highest BCUT2D eigenvalue weighted by atomic mass is 32.2. The second-order valence-corrected chi connectivity index (χ2v) is 9.64. The minimum Gasteiger partial charge on any atom is -0.493 e. The third kappa shape index (κ3) is 5.30. The number of carbonyl (C=O) groups excluding carboxylic acids is 1. The molecule has 0 fully saturated rings. The molecule has 0 aliphatic carbocycles. The van der Waals surface area contributed by atoms with E-state index in [-0.39, 0.29) is 22.7 Å². The molecule has 1 atom stereocenters. The van der Waals surface area contributed by atoms with E-state index in [1.807, 2.05) is 32.0 Å². The summed E-state index contributed by atoms with van der Waals surface area (Å²) in [4.78, 5) is 13.0. The van der Waals surface area contributed by atoms with Crippen LogP contribution in [0.4, 0.5) is 5.69 Å². The predicted molar refractivity (Wildman–Crippen MR) is 135 cm³/mol. The molecule has 0 aromatic heterocycles. The molecule has 3 aromatic rings. The summed E-state index contributed by atoms with van der Waals surface area (Å²) in [5.74, 6) is 1.31. The van der Waals surface area contributed by atoms with E-state index < -0.39 is 10.0 Å². The van der Waals surface area contributed by atoms with Crippen LogP contribution in [0.15, 0.2) is 76.0 Å². The highest BCUT2D eigenvalue weighted by Crippen LogP contribution is 2.31. The number of amidine groups is 1. The largest absolute Gasteiger partial charge is 0.493 e. The normalized spacial score (nSPS) is 14.4. The van der Waals surface area contributed by atoms with Gasteiger partial charge in [-0.25, -0.2) is 0 Å². The van der Waals surface area contributed by atoms with Gasteiger partial charge in [0, 0.05) is 16.8 Å². The van der Waals surface area contributed by atoms with Gasteiger partial charge in [-0.1, -0.05) is 25.1 Å². The molecule has 1 aliphatic heterocycles. The van der Waals surface area contributed by atoms with Gasteiger partial charge in [0.25, 0.3) is 15.9 Å². The Kier molecular flexibility index (Phi) is 7.07. The topological polar surface area (TPSA) is 106 Å². The molecular weight excluding hydrogens is 466 g/mol. The number of rotatable bonds is 8. The van der Waals surface area contributed by atoms with Crippen LogP contribution in [0.25, 0.3) is 0 Å². The number of fused-ring (bicyclic) bond motifs is 1. The van der Waals surface area contributed by atoms with Crippen molar-refractivity contribution in [2.45, 2.75) is 31.2 Å². The summed E-state index contributed by atoms with van der Waals surface area (Å²) in [6.45, 7) is 4.53. The fourth-order valence-corrected chi connectivity index (χ4v) is 4.86. The molecule has 8 nitrogen and oxygen atoms in total. The van der Waals surface area contributed by atoms with Crippen LogP contribution in [-0.4, -0.2) is 33.9 Å². The predicted octanol–water partition coefficient (Wildman–Crippen LogP) is 4.54. The average Bonchev–Trinajstić information content (AvgIpc) is 3.12. The van der Waals surface area contributed by atoms with Crippen LogP contribution in [0.3, 0.4) is 0 Å². The lowest BCUT2D eigenvalue weighted by molar-refractivity contribution is 0.0940. The highest BCUT2D eigenvalue weighted by Gasteiger charge is 2.28. The first-order valence-corrected chi connectivity index (χ1v) is 12.7. The Labute approximate surface area is 205 Å². The molecule has 0 saturated heterocycles. The van der Waals surface area contributed by atoms with Crippen LogP contribution in [0.5, 0.6) is 11.5 Å². The number of ether oxygens (including phenoxy) is 2. The number of methoxy groups -OCH3 is 1. The van der Waals surface area contributed by atoms with E-state index in [0.717, 1.165) is 12.0 Å². The molecule has 9 heteroatoms. The third-order valence-corrected chi connectivity index (χ3v) is 6.87. The van der Waals surface area contributed by atoms with E-state index in [2.05, 4.69) is 15.0 Å². The Hall–Kier alpha value is -3.85. The number of benzene rings is 3. The molecule has 0 radical (unpaired) electrons. The van der Waals surface area contributed by atoms with Gasteiger partial charge in [0.05, 0.1) is 19.8 Å². The molecule has 1 unspecified atom stereocenters. The molecular formula is C26H27N3O5S. The number of amides is 1. The fraction of sp³-hybridized carbons (Fsp3) is 0.231. The van der Waals surface area contributed by atoms with Crippen molar-refractivity contribution in [3.63, 3.8) is 0 Å².